The Hall–Kier alpha value is -1.36. The van der Waals surface area contributed by atoms with Crippen LogP contribution in [0, 0.1) is 0 Å². The number of rotatable bonds is 3. The standard InChI is InChI=1S/C17H20ClN3O/c18-13-6-4-12(5-7-13)15-10-19-17(20-15)16-11-22-9-8-21(16)14-2-1-3-14/h4-7,10,14,16H,1-3,8-9,11H2,(H,19,20)/t16-/m0/s1. The number of imidazole rings is 1. The van der Waals surface area contributed by atoms with Gasteiger partial charge in [0.2, 0.25) is 0 Å². The number of H-pyrrole nitrogens is 1. The summed E-state index contributed by atoms with van der Waals surface area (Å²) in [7, 11) is 0. The molecule has 0 radical (unpaired) electrons. The third-order valence-corrected chi connectivity index (χ3v) is 5.03. The SMILES string of the molecule is Clc1ccc(-c2cnc([C@@H]3COCCN3C3CCC3)[nH]2)cc1. The molecule has 116 valence electrons. The lowest BCUT2D eigenvalue weighted by Gasteiger charge is -2.44. The zero-order chi connectivity index (χ0) is 14.9. The molecule has 1 N–H and O–H groups in total. The summed E-state index contributed by atoms with van der Waals surface area (Å²) < 4.78 is 5.70. The predicted molar refractivity (Wildman–Crippen MR) is 86.9 cm³/mol. The van der Waals surface area contributed by atoms with E-state index in [-0.39, 0.29) is 6.04 Å². The number of benzene rings is 1. The molecule has 2 fully saturated rings. The molecule has 1 saturated heterocycles. The zero-order valence-corrected chi connectivity index (χ0v) is 13.2. The van der Waals surface area contributed by atoms with Gasteiger partial charge in [0, 0.05) is 17.6 Å². The molecule has 1 aliphatic heterocycles. The number of morpholine rings is 1. The molecule has 4 rings (SSSR count). The second-order valence-corrected chi connectivity index (χ2v) is 6.54. The number of nitrogens with zero attached hydrogens (tertiary/aromatic N) is 2. The fraction of sp³-hybridized carbons (Fsp3) is 0.471. The van der Waals surface area contributed by atoms with Crippen molar-refractivity contribution in [2.45, 2.75) is 31.3 Å². The average Bonchev–Trinajstić information content (AvgIpc) is 2.96. The summed E-state index contributed by atoms with van der Waals surface area (Å²) in [5.74, 6) is 1.01. The number of nitrogens with one attached hydrogen (secondary N) is 1. The summed E-state index contributed by atoms with van der Waals surface area (Å²) in [5, 5.41) is 0.750. The predicted octanol–water partition coefficient (Wildman–Crippen LogP) is 3.66. The van der Waals surface area contributed by atoms with Crippen molar-refractivity contribution in [2.75, 3.05) is 19.8 Å². The molecule has 0 amide bonds. The van der Waals surface area contributed by atoms with Gasteiger partial charge in [-0.05, 0) is 30.5 Å². The molecule has 1 atom stereocenters. The fourth-order valence-electron chi connectivity index (χ4n) is 3.29. The van der Waals surface area contributed by atoms with Crippen molar-refractivity contribution in [3.63, 3.8) is 0 Å². The second kappa shape index (κ2) is 6.03. The van der Waals surface area contributed by atoms with Crippen LogP contribution in [0.1, 0.15) is 31.1 Å². The number of hydrogen-bond donors (Lipinski definition) is 1. The van der Waals surface area contributed by atoms with Crippen molar-refractivity contribution >= 4 is 11.6 Å². The molecule has 1 aliphatic carbocycles. The van der Waals surface area contributed by atoms with Crippen molar-refractivity contribution in [1.82, 2.24) is 14.9 Å². The first-order valence-corrected chi connectivity index (χ1v) is 8.33. The third kappa shape index (κ3) is 2.67. The van der Waals surface area contributed by atoms with Crippen molar-refractivity contribution in [1.29, 1.82) is 0 Å². The molecular formula is C17H20ClN3O. The maximum atomic E-state index is 5.95. The highest BCUT2D eigenvalue weighted by Gasteiger charge is 2.34. The molecule has 0 spiro atoms. The van der Waals surface area contributed by atoms with Gasteiger partial charge in [-0.3, -0.25) is 4.90 Å². The molecule has 1 aromatic carbocycles. The first-order valence-electron chi connectivity index (χ1n) is 7.95. The van der Waals surface area contributed by atoms with Crippen molar-refractivity contribution in [3.8, 4) is 11.3 Å². The molecule has 1 saturated carbocycles. The van der Waals surface area contributed by atoms with Crippen LogP contribution in [0.2, 0.25) is 5.02 Å². The van der Waals surface area contributed by atoms with Crippen LogP contribution in [0.5, 0.6) is 0 Å². The number of aromatic amines is 1. The third-order valence-electron chi connectivity index (χ3n) is 4.78. The molecule has 22 heavy (non-hydrogen) atoms. The van der Waals surface area contributed by atoms with Crippen LogP contribution in [0.25, 0.3) is 11.3 Å². The lowest BCUT2D eigenvalue weighted by atomic mass is 9.90. The van der Waals surface area contributed by atoms with E-state index in [9.17, 15) is 0 Å². The van der Waals surface area contributed by atoms with E-state index in [0.29, 0.717) is 6.04 Å². The number of aromatic nitrogens is 2. The largest absolute Gasteiger partial charge is 0.378 e. The van der Waals surface area contributed by atoms with Gasteiger partial charge in [-0.15, -0.1) is 0 Å². The normalized spacial score (nSPS) is 23.4. The zero-order valence-electron chi connectivity index (χ0n) is 12.5. The van der Waals surface area contributed by atoms with Crippen LogP contribution in [-0.4, -0.2) is 40.7 Å². The van der Waals surface area contributed by atoms with Gasteiger partial charge in [0.1, 0.15) is 5.82 Å². The van der Waals surface area contributed by atoms with E-state index in [1.54, 1.807) is 0 Å². The number of halogens is 1. The monoisotopic (exact) mass is 317 g/mol. The van der Waals surface area contributed by atoms with Crippen LogP contribution >= 0.6 is 11.6 Å². The van der Waals surface area contributed by atoms with Gasteiger partial charge in [-0.25, -0.2) is 4.98 Å². The Morgan fingerprint density at radius 2 is 2.05 bits per heavy atom. The summed E-state index contributed by atoms with van der Waals surface area (Å²) >= 11 is 5.95. The highest BCUT2D eigenvalue weighted by Crippen LogP contribution is 2.33. The fourth-order valence-corrected chi connectivity index (χ4v) is 3.42. The van der Waals surface area contributed by atoms with E-state index in [0.717, 1.165) is 41.9 Å². The van der Waals surface area contributed by atoms with Gasteiger partial charge in [0.25, 0.3) is 0 Å². The van der Waals surface area contributed by atoms with Crippen molar-refractivity contribution in [3.05, 3.63) is 41.3 Å². The number of hydrogen-bond acceptors (Lipinski definition) is 3. The lowest BCUT2D eigenvalue weighted by Crippen LogP contribution is -2.48. The summed E-state index contributed by atoms with van der Waals surface area (Å²) in [6.45, 7) is 2.56. The van der Waals surface area contributed by atoms with E-state index in [2.05, 4.69) is 14.9 Å². The van der Waals surface area contributed by atoms with E-state index in [4.69, 9.17) is 16.3 Å². The van der Waals surface area contributed by atoms with E-state index in [1.807, 2.05) is 30.5 Å². The topological polar surface area (TPSA) is 41.1 Å². The maximum absolute atomic E-state index is 5.95. The second-order valence-electron chi connectivity index (χ2n) is 6.10. The minimum atomic E-state index is 0.250. The Morgan fingerprint density at radius 3 is 2.77 bits per heavy atom. The molecular weight excluding hydrogens is 298 g/mol. The number of ether oxygens (including phenoxy) is 1. The molecule has 0 unspecified atom stereocenters. The molecule has 2 heterocycles. The summed E-state index contributed by atoms with van der Waals surface area (Å²) in [6.07, 6.45) is 5.87. The van der Waals surface area contributed by atoms with Crippen molar-refractivity contribution in [2.24, 2.45) is 0 Å². The van der Waals surface area contributed by atoms with Gasteiger partial charge in [-0.1, -0.05) is 30.2 Å². The Labute approximate surface area is 135 Å². The van der Waals surface area contributed by atoms with Crippen molar-refractivity contribution < 1.29 is 4.74 Å². The van der Waals surface area contributed by atoms with Crippen LogP contribution in [0.3, 0.4) is 0 Å². The summed E-state index contributed by atoms with van der Waals surface area (Å²) in [5.41, 5.74) is 2.14. The van der Waals surface area contributed by atoms with Crippen LogP contribution in [0.15, 0.2) is 30.5 Å². The quantitative estimate of drug-likeness (QED) is 0.939. The highest BCUT2D eigenvalue weighted by atomic mass is 35.5. The highest BCUT2D eigenvalue weighted by molar-refractivity contribution is 6.30. The first kappa shape index (κ1) is 14.2. The molecule has 1 aromatic heterocycles. The molecule has 5 heteroatoms. The Bertz CT molecular complexity index is 636. The minimum Gasteiger partial charge on any atom is -0.378 e. The maximum Gasteiger partial charge on any atom is 0.126 e. The summed E-state index contributed by atoms with van der Waals surface area (Å²) in [6, 6.07) is 8.79. The van der Waals surface area contributed by atoms with Gasteiger partial charge >= 0.3 is 0 Å². The molecule has 2 aliphatic rings. The molecule has 0 bridgehead atoms. The molecule has 4 nitrogen and oxygen atoms in total. The van der Waals surface area contributed by atoms with Crippen LogP contribution in [-0.2, 0) is 4.74 Å². The smallest absolute Gasteiger partial charge is 0.126 e. The Kier molecular flexibility index (Phi) is 3.90. The van der Waals surface area contributed by atoms with Gasteiger partial charge in [-0.2, -0.15) is 0 Å². The summed E-state index contributed by atoms with van der Waals surface area (Å²) in [4.78, 5) is 10.7. The van der Waals surface area contributed by atoms with Crippen LogP contribution in [0.4, 0.5) is 0 Å². The van der Waals surface area contributed by atoms with Gasteiger partial charge < -0.3 is 9.72 Å². The first-order chi connectivity index (χ1) is 10.8. The lowest BCUT2D eigenvalue weighted by molar-refractivity contribution is -0.0494. The van der Waals surface area contributed by atoms with E-state index >= 15 is 0 Å². The van der Waals surface area contributed by atoms with Gasteiger partial charge in [0.15, 0.2) is 0 Å². The van der Waals surface area contributed by atoms with E-state index < -0.39 is 0 Å². The Morgan fingerprint density at radius 1 is 1.23 bits per heavy atom. The molecule has 2 aromatic rings. The van der Waals surface area contributed by atoms with Crippen LogP contribution < -0.4 is 0 Å². The average molecular weight is 318 g/mol. The Balaban J connectivity index is 1.57. The van der Waals surface area contributed by atoms with Gasteiger partial charge in [0.05, 0.1) is 31.1 Å². The van der Waals surface area contributed by atoms with E-state index in [1.165, 1.54) is 19.3 Å². The minimum absolute atomic E-state index is 0.250.